The predicted octanol–water partition coefficient (Wildman–Crippen LogP) is 6.06. The zero-order chi connectivity index (χ0) is 24.6. The van der Waals surface area contributed by atoms with Crippen LogP contribution in [-0.4, -0.2) is 53.9 Å². The summed E-state index contributed by atoms with van der Waals surface area (Å²) < 4.78 is 11.8. The number of aliphatic imine (C=N–C) groups is 1. The lowest BCUT2D eigenvalue weighted by molar-refractivity contribution is 0.203. The fraction of sp³-hybridized carbons (Fsp3) is 0.300. The molecule has 0 unspecified atom stereocenters. The molecule has 4 aromatic rings. The average molecular weight is 481 g/mol. The van der Waals surface area contributed by atoms with Gasteiger partial charge < -0.3 is 14.4 Å². The van der Waals surface area contributed by atoms with Crippen LogP contribution in [0.5, 0.6) is 11.5 Å². The van der Waals surface area contributed by atoms with Crippen LogP contribution in [0, 0.1) is 0 Å². The molecule has 0 saturated carbocycles. The van der Waals surface area contributed by atoms with Gasteiger partial charge in [-0.2, -0.15) is 0 Å². The monoisotopic (exact) mass is 480 g/mol. The Morgan fingerprint density at radius 1 is 0.861 bits per heavy atom. The molecule has 184 valence electrons. The van der Waals surface area contributed by atoms with Crippen molar-refractivity contribution in [2.45, 2.75) is 25.7 Å². The lowest BCUT2D eigenvalue weighted by Crippen LogP contribution is -2.31. The number of benzene rings is 3. The molecule has 1 aromatic heterocycles. The van der Waals surface area contributed by atoms with Crippen LogP contribution in [0.1, 0.15) is 36.8 Å². The molecule has 3 aromatic carbocycles. The quantitative estimate of drug-likeness (QED) is 0.215. The highest BCUT2D eigenvalue weighted by Gasteiger charge is 2.14. The summed E-state index contributed by atoms with van der Waals surface area (Å²) in [5.74, 6) is 1.96. The van der Waals surface area contributed by atoms with Crippen molar-refractivity contribution in [1.82, 2.24) is 14.9 Å². The zero-order valence-corrected chi connectivity index (χ0v) is 20.8. The highest BCUT2D eigenvalue weighted by molar-refractivity contribution is 6.14. The second-order valence-electron chi connectivity index (χ2n) is 9.01. The minimum absolute atomic E-state index is 0.600. The van der Waals surface area contributed by atoms with Gasteiger partial charge in [0.25, 0.3) is 0 Å². The van der Waals surface area contributed by atoms with E-state index in [4.69, 9.17) is 14.5 Å². The molecular formula is C30H32N4O2. The van der Waals surface area contributed by atoms with E-state index in [0.29, 0.717) is 23.9 Å². The summed E-state index contributed by atoms with van der Waals surface area (Å²) in [6, 6.07) is 24.2. The number of likely N-dealkylation sites (tertiary alicyclic amines) is 1. The number of rotatable bonds is 9. The summed E-state index contributed by atoms with van der Waals surface area (Å²) in [6.07, 6.45) is 6.48. The Hall–Kier alpha value is -3.77. The van der Waals surface area contributed by atoms with Crippen LogP contribution >= 0.6 is 0 Å². The Balaban J connectivity index is 1.46. The fourth-order valence-corrected chi connectivity index (χ4v) is 4.66. The number of hydrogen-bond acceptors (Lipinski definition) is 6. The van der Waals surface area contributed by atoms with Gasteiger partial charge in [-0.15, -0.1) is 0 Å². The number of hydrogen-bond donors (Lipinski definition) is 0. The Bertz CT molecular complexity index is 1260. The van der Waals surface area contributed by atoms with Gasteiger partial charge in [0, 0.05) is 29.1 Å². The first-order valence-corrected chi connectivity index (χ1v) is 12.7. The van der Waals surface area contributed by atoms with Crippen molar-refractivity contribution < 1.29 is 9.47 Å². The van der Waals surface area contributed by atoms with Crippen LogP contribution in [-0.2, 0) is 0 Å². The van der Waals surface area contributed by atoms with E-state index in [1.54, 1.807) is 13.4 Å². The van der Waals surface area contributed by atoms with E-state index >= 15 is 0 Å². The number of fused-ring (bicyclic) bond motifs is 1. The highest BCUT2D eigenvalue weighted by atomic mass is 16.5. The van der Waals surface area contributed by atoms with Gasteiger partial charge in [0.15, 0.2) is 17.3 Å². The third kappa shape index (κ3) is 5.71. The third-order valence-corrected chi connectivity index (χ3v) is 6.54. The maximum absolute atomic E-state index is 6.20. The van der Waals surface area contributed by atoms with Gasteiger partial charge in [0.1, 0.15) is 6.33 Å². The van der Waals surface area contributed by atoms with E-state index in [1.165, 1.54) is 32.4 Å². The van der Waals surface area contributed by atoms with Gasteiger partial charge in [-0.05, 0) is 38.4 Å². The molecule has 5 rings (SSSR count). The van der Waals surface area contributed by atoms with E-state index < -0.39 is 0 Å². The molecule has 6 heteroatoms. The maximum Gasteiger partial charge on any atom is 0.163 e. The minimum Gasteiger partial charge on any atom is -0.493 e. The lowest BCUT2D eigenvalue weighted by Gasteiger charge is -2.26. The molecule has 1 saturated heterocycles. The number of piperidine rings is 1. The van der Waals surface area contributed by atoms with Crippen molar-refractivity contribution in [2.24, 2.45) is 4.99 Å². The van der Waals surface area contributed by atoms with E-state index in [0.717, 1.165) is 40.7 Å². The van der Waals surface area contributed by atoms with Gasteiger partial charge in [-0.1, -0.05) is 67.1 Å². The van der Waals surface area contributed by atoms with Crippen LogP contribution in [0.15, 0.2) is 84.1 Å². The summed E-state index contributed by atoms with van der Waals surface area (Å²) in [4.78, 5) is 16.6. The molecule has 0 bridgehead atoms. The van der Waals surface area contributed by atoms with Crippen LogP contribution < -0.4 is 9.47 Å². The van der Waals surface area contributed by atoms with Gasteiger partial charge in [-0.25, -0.2) is 15.0 Å². The Labute approximate surface area is 212 Å². The second-order valence-corrected chi connectivity index (χ2v) is 9.01. The topological polar surface area (TPSA) is 59.8 Å². The molecule has 0 spiro atoms. The number of aromatic nitrogens is 2. The van der Waals surface area contributed by atoms with Crippen molar-refractivity contribution in [2.75, 3.05) is 33.4 Å². The van der Waals surface area contributed by atoms with Crippen LogP contribution in [0.25, 0.3) is 10.9 Å². The molecule has 2 heterocycles. The minimum atomic E-state index is 0.600. The first-order valence-electron chi connectivity index (χ1n) is 12.7. The van der Waals surface area contributed by atoms with Crippen molar-refractivity contribution in [3.8, 4) is 11.5 Å². The standard InChI is InChI=1S/C30H32N4O2/c1-35-27-21-26-25(20-28(27)36-19-11-18-34-16-9-4-10-17-34)30(32-22-31-26)33-29(23-12-5-2-6-13-23)24-14-7-3-8-15-24/h2-3,5-8,12-15,20-22H,4,9-11,16-19H2,1H3. The van der Waals surface area contributed by atoms with Crippen molar-refractivity contribution in [3.63, 3.8) is 0 Å². The summed E-state index contributed by atoms with van der Waals surface area (Å²) >= 11 is 0. The van der Waals surface area contributed by atoms with Crippen LogP contribution in [0.3, 0.4) is 0 Å². The molecule has 6 nitrogen and oxygen atoms in total. The maximum atomic E-state index is 6.20. The van der Waals surface area contributed by atoms with E-state index in [9.17, 15) is 0 Å². The molecule has 0 amide bonds. The lowest BCUT2D eigenvalue weighted by atomic mass is 10.0. The Morgan fingerprint density at radius 2 is 1.56 bits per heavy atom. The van der Waals surface area contributed by atoms with Crippen molar-refractivity contribution in [1.29, 1.82) is 0 Å². The smallest absolute Gasteiger partial charge is 0.163 e. The van der Waals surface area contributed by atoms with Crippen LogP contribution in [0.2, 0.25) is 0 Å². The van der Waals surface area contributed by atoms with Gasteiger partial charge in [0.05, 0.1) is 24.9 Å². The van der Waals surface area contributed by atoms with E-state index in [-0.39, 0.29) is 0 Å². The summed E-state index contributed by atoms with van der Waals surface area (Å²) in [7, 11) is 1.66. The summed E-state index contributed by atoms with van der Waals surface area (Å²) in [5, 5.41) is 0.827. The van der Waals surface area contributed by atoms with Crippen LogP contribution in [0.4, 0.5) is 5.82 Å². The molecule has 0 N–H and O–H groups in total. The fourth-order valence-electron chi connectivity index (χ4n) is 4.66. The first-order chi connectivity index (χ1) is 17.8. The largest absolute Gasteiger partial charge is 0.493 e. The number of nitrogens with zero attached hydrogens (tertiary/aromatic N) is 4. The molecule has 1 aliphatic rings. The number of methoxy groups -OCH3 is 1. The average Bonchev–Trinajstić information content (AvgIpc) is 2.95. The van der Waals surface area contributed by atoms with Gasteiger partial charge in [-0.3, -0.25) is 0 Å². The molecular weight excluding hydrogens is 448 g/mol. The van der Waals surface area contributed by atoms with E-state index in [1.807, 2.05) is 48.5 Å². The Kier molecular flexibility index (Phi) is 7.83. The molecule has 0 atom stereocenters. The number of ether oxygens (including phenoxy) is 2. The normalized spacial score (nSPS) is 13.9. The summed E-state index contributed by atoms with van der Waals surface area (Å²) in [6.45, 7) is 4.09. The first kappa shape index (κ1) is 23.9. The van der Waals surface area contributed by atoms with Crippen molar-refractivity contribution >= 4 is 22.4 Å². The summed E-state index contributed by atoms with van der Waals surface area (Å²) in [5.41, 5.74) is 3.68. The second kappa shape index (κ2) is 11.8. The third-order valence-electron chi connectivity index (χ3n) is 6.54. The molecule has 0 aliphatic carbocycles. The molecule has 36 heavy (non-hydrogen) atoms. The SMILES string of the molecule is COc1cc2ncnc(N=C(c3ccccc3)c3ccccc3)c2cc1OCCCN1CCCCC1. The zero-order valence-electron chi connectivity index (χ0n) is 20.8. The Morgan fingerprint density at radius 3 is 2.22 bits per heavy atom. The van der Waals surface area contributed by atoms with E-state index in [2.05, 4.69) is 39.1 Å². The van der Waals surface area contributed by atoms with Crippen molar-refractivity contribution in [3.05, 3.63) is 90.3 Å². The molecule has 0 radical (unpaired) electrons. The molecule has 1 aliphatic heterocycles. The predicted molar refractivity (Wildman–Crippen MR) is 145 cm³/mol. The highest BCUT2D eigenvalue weighted by Crippen LogP contribution is 2.35. The van der Waals surface area contributed by atoms with Gasteiger partial charge >= 0.3 is 0 Å². The van der Waals surface area contributed by atoms with Gasteiger partial charge in [0.2, 0.25) is 0 Å². The molecule has 1 fully saturated rings.